The van der Waals surface area contributed by atoms with Crippen LogP contribution in [0.25, 0.3) is 0 Å². The lowest BCUT2D eigenvalue weighted by Gasteiger charge is -2.34. The maximum absolute atomic E-state index is 12.4. The number of carbonyl (C=O) groups excluding carboxylic acids is 1. The SMILES string of the molecule is CCC(=O)N(c1cc(Cl)c(N(C)C)cc1OC)N(CC)CC. The summed E-state index contributed by atoms with van der Waals surface area (Å²) < 4.78 is 5.50. The monoisotopic (exact) mass is 327 g/mol. The highest BCUT2D eigenvalue weighted by molar-refractivity contribution is 6.33. The highest BCUT2D eigenvalue weighted by Crippen LogP contribution is 2.38. The van der Waals surface area contributed by atoms with Crippen LogP contribution in [-0.2, 0) is 4.79 Å². The van der Waals surface area contributed by atoms with Gasteiger partial charge < -0.3 is 9.64 Å². The van der Waals surface area contributed by atoms with Gasteiger partial charge in [0.25, 0.3) is 0 Å². The Labute approximate surface area is 138 Å². The number of halogens is 1. The average molecular weight is 328 g/mol. The van der Waals surface area contributed by atoms with Crippen LogP contribution in [0.3, 0.4) is 0 Å². The smallest absolute Gasteiger partial charge is 0.241 e. The van der Waals surface area contributed by atoms with Crippen LogP contribution in [0.4, 0.5) is 11.4 Å². The molecule has 0 aliphatic rings. The molecule has 1 amide bonds. The molecule has 6 heteroatoms. The number of amides is 1. The van der Waals surface area contributed by atoms with Gasteiger partial charge in [0.2, 0.25) is 5.91 Å². The number of carbonyl (C=O) groups is 1. The van der Waals surface area contributed by atoms with E-state index in [0.717, 1.165) is 18.8 Å². The molecule has 0 aromatic heterocycles. The van der Waals surface area contributed by atoms with Crippen LogP contribution >= 0.6 is 11.6 Å². The minimum atomic E-state index is 0.00988. The third-order valence-corrected chi connectivity index (χ3v) is 3.81. The van der Waals surface area contributed by atoms with E-state index in [1.54, 1.807) is 18.2 Å². The summed E-state index contributed by atoms with van der Waals surface area (Å²) in [6.45, 7) is 7.32. The van der Waals surface area contributed by atoms with Crippen molar-refractivity contribution in [1.29, 1.82) is 0 Å². The number of hydrogen-bond donors (Lipinski definition) is 0. The highest BCUT2D eigenvalue weighted by atomic mass is 35.5. The molecule has 0 unspecified atom stereocenters. The molecule has 5 nitrogen and oxygen atoms in total. The Bertz CT molecular complexity index is 516. The quantitative estimate of drug-likeness (QED) is 0.719. The van der Waals surface area contributed by atoms with Crippen LogP contribution in [0.2, 0.25) is 5.02 Å². The predicted octanol–water partition coefficient (Wildman–Crippen LogP) is 3.41. The molecule has 1 aromatic carbocycles. The molecule has 22 heavy (non-hydrogen) atoms. The fourth-order valence-corrected chi connectivity index (χ4v) is 2.63. The zero-order valence-corrected chi connectivity index (χ0v) is 15.1. The summed E-state index contributed by atoms with van der Waals surface area (Å²) in [7, 11) is 5.43. The lowest BCUT2D eigenvalue weighted by Crippen LogP contribution is -2.46. The van der Waals surface area contributed by atoms with Gasteiger partial charge in [0.1, 0.15) is 11.4 Å². The van der Waals surface area contributed by atoms with Gasteiger partial charge >= 0.3 is 0 Å². The van der Waals surface area contributed by atoms with E-state index >= 15 is 0 Å². The molecule has 0 aliphatic heterocycles. The number of nitrogens with zero attached hydrogens (tertiary/aromatic N) is 3. The van der Waals surface area contributed by atoms with Crippen molar-refractivity contribution in [2.75, 3.05) is 44.2 Å². The molecular formula is C16H26ClN3O2. The molecule has 1 rings (SSSR count). The second-order valence-corrected chi connectivity index (χ2v) is 5.48. The van der Waals surface area contributed by atoms with Crippen molar-refractivity contribution in [3.05, 3.63) is 17.2 Å². The molecule has 0 saturated heterocycles. The van der Waals surface area contributed by atoms with Gasteiger partial charge in [0, 0.05) is 39.7 Å². The van der Waals surface area contributed by atoms with Crippen LogP contribution in [0, 0.1) is 0 Å². The summed E-state index contributed by atoms with van der Waals surface area (Å²) in [5.41, 5.74) is 1.53. The maximum atomic E-state index is 12.4. The molecule has 0 bridgehead atoms. The Balaban J connectivity index is 3.47. The molecule has 0 radical (unpaired) electrons. The molecule has 0 aliphatic carbocycles. The first-order valence-electron chi connectivity index (χ1n) is 7.53. The third kappa shape index (κ3) is 3.84. The number of methoxy groups -OCH3 is 1. The first-order valence-corrected chi connectivity index (χ1v) is 7.91. The molecule has 0 spiro atoms. The Hall–Kier alpha value is -1.46. The molecule has 1 aromatic rings. The standard InChI is InChI=1S/C16H26ClN3O2/c1-7-16(21)20(19(8-2)9-3)14-10-12(17)13(18(4)5)11-15(14)22-6/h10-11H,7-9H2,1-6H3. The summed E-state index contributed by atoms with van der Waals surface area (Å²) >= 11 is 6.38. The maximum Gasteiger partial charge on any atom is 0.241 e. The summed E-state index contributed by atoms with van der Waals surface area (Å²) in [5, 5.41) is 4.22. The van der Waals surface area contributed by atoms with E-state index in [1.807, 2.05) is 50.8 Å². The van der Waals surface area contributed by atoms with E-state index in [1.165, 1.54) is 0 Å². The minimum absolute atomic E-state index is 0.00988. The summed E-state index contributed by atoms with van der Waals surface area (Å²) in [4.78, 5) is 14.4. The normalized spacial score (nSPS) is 10.7. The van der Waals surface area contributed by atoms with E-state index in [9.17, 15) is 4.79 Å². The second-order valence-electron chi connectivity index (χ2n) is 5.07. The predicted molar refractivity (Wildman–Crippen MR) is 93.0 cm³/mol. The van der Waals surface area contributed by atoms with Gasteiger partial charge in [0.15, 0.2) is 0 Å². The minimum Gasteiger partial charge on any atom is -0.494 e. The number of hydrogen-bond acceptors (Lipinski definition) is 4. The third-order valence-electron chi connectivity index (χ3n) is 3.51. The van der Waals surface area contributed by atoms with Gasteiger partial charge in [-0.3, -0.25) is 4.79 Å². The zero-order chi connectivity index (χ0) is 16.9. The van der Waals surface area contributed by atoms with E-state index in [4.69, 9.17) is 16.3 Å². The van der Waals surface area contributed by atoms with Crippen molar-refractivity contribution >= 4 is 28.9 Å². The van der Waals surface area contributed by atoms with E-state index < -0.39 is 0 Å². The first-order chi connectivity index (χ1) is 10.4. The number of rotatable bonds is 7. The van der Waals surface area contributed by atoms with Crippen molar-refractivity contribution in [3.63, 3.8) is 0 Å². The number of ether oxygens (including phenoxy) is 1. The lowest BCUT2D eigenvalue weighted by molar-refractivity contribution is -0.121. The van der Waals surface area contributed by atoms with Gasteiger partial charge in [-0.1, -0.05) is 32.4 Å². The van der Waals surface area contributed by atoms with Gasteiger partial charge in [0.05, 0.1) is 17.8 Å². The van der Waals surface area contributed by atoms with E-state index in [-0.39, 0.29) is 5.91 Å². The summed E-state index contributed by atoms with van der Waals surface area (Å²) in [6.07, 6.45) is 0.409. The van der Waals surface area contributed by atoms with Crippen LogP contribution in [0.5, 0.6) is 5.75 Å². The van der Waals surface area contributed by atoms with Gasteiger partial charge in [-0.15, -0.1) is 0 Å². The van der Waals surface area contributed by atoms with Crippen molar-refractivity contribution in [1.82, 2.24) is 5.01 Å². The van der Waals surface area contributed by atoms with Gasteiger partial charge in [-0.2, -0.15) is 0 Å². The van der Waals surface area contributed by atoms with Gasteiger partial charge in [-0.25, -0.2) is 10.0 Å². The van der Waals surface area contributed by atoms with Crippen molar-refractivity contribution in [2.24, 2.45) is 0 Å². The second kappa shape index (κ2) is 8.25. The summed E-state index contributed by atoms with van der Waals surface area (Å²) in [5.74, 6) is 0.637. The van der Waals surface area contributed by atoms with Crippen LogP contribution in [0.1, 0.15) is 27.2 Å². The van der Waals surface area contributed by atoms with Crippen LogP contribution < -0.4 is 14.6 Å². The number of anilines is 2. The van der Waals surface area contributed by atoms with Crippen molar-refractivity contribution < 1.29 is 9.53 Å². The topological polar surface area (TPSA) is 36.0 Å². The van der Waals surface area contributed by atoms with Crippen LogP contribution in [0.15, 0.2) is 12.1 Å². The molecule has 124 valence electrons. The molecular weight excluding hydrogens is 302 g/mol. The van der Waals surface area contributed by atoms with E-state index in [0.29, 0.717) is 22.9 Å². The van der Waals surface area contributed by atoms with Crippen molar-refractivity contribution in [2.45, 2.75) is 27.2 Å². The molecule has 0 saturated carbocycles. The van der Waals surface area contributed by atoms with E-state index in [2.05, 4.69) is 0 Å². The Kier molecular flexibility index (Phi) is 6.97. The molecule has 0 heterocycles. The molecule has 0 fully saturated rings. The Morgan fingerprint density at radius 2 is 1.73 bits per heavy atom. The first kappa shape index (κ1) is 18.6. The highest BCUT2D eigenvalue weighted by Gasteiger charge is 2.24. The average Bonchev–Trinajstić information content (AvgIpc) is 2.51. The number of benzene rings is 1. The van der Waals surface area contributed by atoms with Crippen molar-refractivity contribution in [3.8, 4) is 5.75 Å². The molecule has 0 atom stereocenters. The fraction of sp³-hybridized carbons (Fsp3) is 0.562. The summed E-state index contributed by atoms with van der Waals surface area (Å²) in [6, 6.07) is 3.65. The van der Waals surface area contributed by atoms with Gasteiger partial charge in [-0.05, 0) is 6.07 Å². The Morgan fingerprint density at radius 1 is 1.14 bits per heavy atom. The largest absolute Gasteiger partial charge is 0.494 e. The zero-order valence-electron chi connectivity index (χ0n) is 14.3. The van der Waals surface area contributed by atoms with Crippen LogP contribution in [-0.4, -0.2) is 45.2 Å². The Morgan fingerprint density at radius 3 is 2.14 bits per heavy atom. The number of hydrazine groups is 1. The fourth-order valence-electron chi connectivity index (χ4n) is 2.30. The lowest BCUT2D eigenvalue weighted by atomic mass is 10.2. The molecule has 0 N–H and O–H groups in total.